The summed E-state index contributed by atoms with van der Waals surface area (Å²) in [7, 11) is 0. The second kappa shape index (κ2) is 5.41. The minimum Gasteiger partial charge on any atom is -0.447 e. The van der Waals surface area contributed by atoms with Crippen molar-refractivity contribution < 1.29 is 9.53 Å². The molecule has 0 unspecified atom stereocenters. The maximum Gasteiger partial charge on any atom is 0.407 e. The second-order valence-corrected chi connectivity index (χ2v) is 4.27. The van der Waals surface area contributed by atoms with E-state index in [0.29, 0.717) is 12.3 Å². The van der Waals surface area contributed by atoms with Gasteiger partial charge in [0.25, 0.3) is 0 Å². The number of benzene rings is 1. The Morgan fingerprint density at radius 1 is 1.30 bits per heavy atom. The summed E-state index contributed by atoms with van der Waals surface area (Å²) < 4.78 is 4.89. The number of carbonyl (C=O) groups is 1. The fraction of sp³-hybridized carbons (Fsp3) is 0.133. The topological polar surface area (TPSA) is 64.1 Å². The summed E-state index contributed by atoms with van der Waals surface area (Å²) in [5.41, 5.74) is 2.51. The number of rotatable bonds is 1. The van der Waals surface area contributed by atoms with E-state index in [4.69, 9.17) is 4.74 Å². The molecule has 0 saturated carbocycles. The molecule has 1 fully saturated rings. The lowest BCUT2D eigenvalue weighted by Crippen LogP contribution is -2.18. The van der Waals surface area contributed by atoms with Gasteiger partial charge in [-0.2, -0.15) is 0 Å². The van der Waals surface area contributed by atoms with Gasteiger partial charge in [-0.1, -0.05) is 18.1 Å². The van der Waals surface area contributed by atoms with Gasteiger partial charge in [0.1, 0.15) is 18.6 Å². The highest BCUT2D eigenvalue weighted by atomic mass is 16.6. The number of carbonyl (C=O) groups excluding carboxylic acids is 1. The van der Waals surface area contributed by atoms with Crippen LogP contribution in [0.25, 0.3) is 0 Å². The average Bonchev–Trinajstić information content (AvgIpc) is 2.93. The molecule has 3 rings (SSSR count). The molecule has 1 aliphatic heterocycles. The van der Waals surface area contributed by atoms with Gasteiger partial charge < -0.3 is 10.1 Å². The summed E-state index contributed by atoms with van der Waals surface area (Å²) in [6, 6.07) is 9.34. The van der Waals surface area contributed by atoms with Gasteiger partial charge in [0.2, 0.25) is 0 Å². The summed E-state index contributed by atoms with van der Waals surface area (Å²) >= 11 is 0. The first-order valence-electron chi connectivity index (χ1n) is 6.12. The van der Waals surface area contributed by atoms with Crippen LogP contribution in [0.5, 0.6) is 0 Å². The molecule has 1 saturated heterocycles. The van der Waals surface area contributed by atoms with E-state index in [0.717, 1.165) is 11.1 Å². The summed E-state index contributed by atoms with van der Waals surface area (Å²) in [6.45, 7) is 0.349. The zero-order valence-corrected chi connectivity index (χ0v) is 10.5. The zero-order chi connectivity index (χ0) is 13.8. The van der Waals surface area contributed by atoms with Gasteiger partial charge in [0.15, 0.2) is 0 Å². The quantitative estimate of drug-likeness (QED) is 0.796. The number of nitrogens with one attached hydrogen (secondary N) is 1. The van der Waals surface area contributed by atoms with E-state index in [1.54, 1.807) is 12.3 Å². The maximum absolute atomic E-state index is 11.0. The third-order valence-electron chi connectivity index (χ3n) is 2.88. The SMILES string of the molecule is O=C1N[C@H](c2cccc(C#Cc3ccncn3)c2)CO1. The van der Waals surface area contributed by atoms with Crippen molar-refractivity contribution in [3.8, 4) is 11.8 Å². The number of hydrogen-bond acceptors (Lipinski definition) is 4. The van der Waals surface area contributed by atoms with Gasteiger partial charge >= 0.3 is 6.09 Å². The predicted octanol–water partition coefficient (Wildman–Crippen LogP) is 1.66. The molecule has 2 aromatic rings. The summed E-state index contributed by atoms with van der Waals surface area (Å²) in [5.74, 6) is 6.01. The monoisotopic (exact) mass is 265 g/mol. The van der Waals surface area contributed by atoms with E-state index in [1.165, 1.54) is 6.33 Å². The van der Waals surface area contributed by atoms with E-state index >= 15 is 0 Å². The molecule has 1 atom stereocenters. The fourth-order valence-corrected chi connectivity index (χ4v) is 1.90. The number of hydrogen-bond donors (Lipinski definition) is 1. The number of amides is 1. The molecule has 1 amide bonds. The first kappa shape index (κ1) is 12.2. The lowest BCUT2D eigenvalue weighted by Gasteiger charge is -2.07. The third-order valence-corrected chi connectivity index (χ3v) is 2.88. The Balaban J connectivity index is 1.82. The molecule has 5 heteroatoms. The van der Waals surface area contributed by atoms with Crippen molar-refractivity contribution in [2.24, 2.45) is 0 Å². The number of alkyl carbamates (subject to hydrolysis) is 1. The van der Waals surface area contributed by atoms with Crippen LogP contribution in [-0.4, -0.2) is 22.7 Å². The Kier molecular flexibility index (Phi) is 3.29. The van der Waals surface area contributed by atoms with Crippen LogP contribution in [0.4, 0.5) is 4.79 Å². The van der Waals surface area contributed by atoms with Crippen molar-refractivity contribution in [1.29, 1.82) is 0 Å². The van der Waals surface area contributed by atoms with Crippen LogP contribution in [0.3, 0.4) is 0 Å². The van der Waals surface area contributed by atoms with Crippen molar-refractivity contribution in [3.05, 3.63) is 59.7 Å². The van der Waals surface area contributed by atoms with Gasteiger partial charge in [-0.05, 0) is 29.7 Å². The molecule has 5 nitrogen and oxygen atoms in total. The minimum atomic E-state index is -0.382. The molecule has 20 heavy (non-hydrogen) atoms. The van der Waals surface area contributed by atoms with Crippen molar-refractivity contribution >= 4 is 6.09 Å². The second-order valence-electron chi connectivity index (χ2n) is 4.27. The van der Waals surface area contributed by atoms with Gasteiger partial charge in [-0.25, -0.2) is 14.8 Å². The number of nitrogens with zero attached hydrogens (tertiary/aromatic N) is 2. The van der Waals surface area contributed by atoms with Crippen LogP contribution in [0.15, 0.2) is 42.9 Å². The highest BCUT2D eigenvalue weighted by Crippen LogP contribution is 2.18. The van der Waals surface area contributed by atoms with E-state index < -0.39 is 0 Å². The summed E-state index contributed by atoms with van der Waals surface area (Å²) in [6.07, 6.45) is 2.73. The van der Waals surface area contributed by atoms with Gasteiger partial charge in [-0.15, -0.1) is 0 Å². The molecule has 0 aliphatic carbocycles. The van der Waals surface area contributed by atoms with Crippen LogP contribution in [-0.2, 0) is 4.74 Å². The predicted molar refractivity (Wildman–Crippen MR) is 71.7 cm³/mol. The fourth-order valence-electron chi connectivity index (χ4n) is 1.90. The van der Waals surface area contributed by atoms with Crippen molar-refractivity contribution in [2.45, 2.75) is 6.04 Å². The molecule has 2 heterocycles. The molecule has 1 aromatic heterocycles. The standard InChI is InChI=1S/C15H11N3O2/c19-15-18-14(9-20-15)12-3-1-2-11(8-12)4-5-13-6-7-16-10-17-13/h1-3,6-8,10,14H,9H2,(H,18,19)/t14-/m0/s1. The first-order valence-corrected chi connectivity index (χ1v) is 6.12. The molecule has 0 radical (unpaired) electrons. The van der Waals surface area contributed by atoms with Crippen LogP contribution < -0.4 is 5.32 Å². The lowest BCUT2D eigenvalue weighted by atomic mass is 10.1. The normalized spacial score (nSPS) is 16.8. The van der Waals surface area contributed by atoms with Gasteiger partial charge in [0, 0.05) is 11.8 Å². The Morgan fingerprint density at radius 2 is 2.25 bits per heavy atom. The zero-order valence-electron chi connectivity index (χ0n) is 10.5. The van der Waals surface area contributed by atoms with Crippen molar-refractivity contribution in [1.82, 2.24) is 15.3 Å². The van der Waals surface area contributed by atoms with E-state index in [2.05, 4.69) is 27.1 Å². The Hall–Kier alpha value is -2.87. The summed E-state index contributed by atoms with van der Waals surface area (Å²) in [5, 5.41) is 2.74. The molecule has 1 N–H and O–H groups in total. The summed E-state index contributed by atoms with van der Waals surface area (Å²) in [4.78, 5) is 18.9. The smallest absolute Gasteiger partial charge is 0.407 e. The van der Waals surface area contributed by atoms with Crippen LogP contribution in [0.2, 0.25) is 0 Å². The molecule has 0 bridgehead atoms. The minimum absolute atomic E-state index is 0.108. The molecule has 98 valence electrons. The Labute approximate surface area is 116 Å². The van der Waals surface area contributed by atoms with Crippen LogP contribution >= 0.6 is 0 Å². The van der Waals surface area contributed by atoms with Gasteiger partial charge in [-0.3, -0.25) is 0 Å². The Morgan fingerprint density at radius 3 is 3.00 bits per heavy atom. The molecule has 1 aromatic carbocycles. The van der Waals surface area contributed by atoms with E-state index in [1.807, 2.05) is 24.3 Å². The van der Waals surface area contributed by atoms with E-state index in [9.17, 15) is 4.79 Å². The molecular weight excluding hydrogens is 254 g/mol. The van der Waals surface area contributed by atoms with Crippen LogP contribution in [0.1, 0.15) is 22.9 Å². The number of cyclic esters (lactones) is 1. The average molecular weight is 265 g/mol. The van der Waals surface area contributed by atoms with E-state index in [-0.39, 0.29) is 12.1 Å². The van der Waals surface area contributed by atoms with Gasteiger partial charge in [0.05, 0.1) is 6.04 Å². The highest BCUT2D eigenvalue weighted by molar-refractivity contribution is 5.70. The highest BCUT2D eigenvalue weighted by Gasteiger charge is 2.23. The number of aromatic nitrogens is 2. The third kappa shape index (κ3) is 2.75. The molecular formula is C15H11N3O2. The number of ether oxygens (including phenoxy) is 1. The lowest BCUT2D eigenvalue weighted by molar-refractivity contribution is 0.177. The first-order chi connectivity index (χ1) is 9.81. The largest absolute Gasteiger partial charge is 0.447 e. The maximum atomic E-state index is 11.0. The van der Waals surface area contributed by atoms with Crippen molar-refractivity contribution in [3.63, 3.8) is 0 Å². The van der Waals surface area contributed by atoms with Crippen molar-refractivity contribution in [2.75, 3.05) is 6.61 Å². The Bertz CT molecular complexity index is 689. The molecule has 0 spiro atoms. The molecule has 1 aliphatic rings. The van der Waals surface area contributed by atoms with Crippen LogP contribution in [0, 0.1) is 11.8 Å².